The first kappa shape index (κ1) is 18.9. The number of hydrogen-bond acceptors (Lipinski definition) is 3. The van der Waals surface area contributed by atoms with Gasteiger partial charge in [-0.15, -0.1) is 0 Å². The Hall–Kier alpha value is -2.44. The summed E-state index contributed by atoms with van der Waals surface area (Å²) in [5.41, 5.74) is 2.61. The smallest absolute Gasteiger partial charge is 0.315 e. The van der Waals surface area contributed by atoms with Gasteiger partial charge < -0.3 is 20.1 Å². The third-order valence-electron chi connectivity index (χ3n) is 5.54. The molecule has 6 heteroatoms. The van der Waals surface area contributed by atoms with Crippen LogP contribution in [-0.2, 0) is 22.5 Å². The van der Waals surface area contributed by atoms with Crippen LogP contribution in [-0.4, -0.2) is 31.4 Å². The number of amides is 2. The number of ether oxygens (including phenoxy) is 2. The fourth-order valence-electron chi connectivity index (χ4n) is 4.08. The summed E-state index contributed by atoms with van der Waals surface area (Å²) < 4.78 is 24.7. The quantitative estimate of drug-likeness (QED) is 0.848. The lowest BCUT2D eigenvalue weighted by Crippen LogP contribution is -2.57. The van der Waals surface area contributed by atoms with Gasteiger partial charge in [-0.3, -0.25) is 0 Å². The molecule has 0 aliphatic carbocycles. The highest BCUT2D eigenvalue weighted by molar-refractivity contribution is 5.75. The van der Waals surface area contributed by atoms with Crippen LogP contribution in [0.2, 0.25) is 0 Å². The van der Waals surface area contributed by atoms with E-state index in [1.54, 1.807) is 6.07 Å². The Bertz CT molecular complexity index is 836. The van der Waals surface area contributed by atoms with Gasteiger partial charge in [0, 0.05) is 13.2 Å². The molecule has 0 saturated carbocycles. The molecule has 2 aliphatic rings. The number of urea groups is 1. The second-order valence-electron chi connectivity index (χ2n) is 7.56. The van der Waals surface area contributed by atoms with E-state index in [9.17, 15) is 9.18 Å². The molecule has 4 rings (SSSR count). The predicted octanol–water partition coefficient (Wildman–Crippen LogP) is 3.49. The van der Waals surface area contributed by atoms with Crippen molar-refractivity contribution in [2.75, 3.05) is 19.8 Å². The van der Waals surface area contributed by atoms with Crippen LogP contribution in [0.15, 0.2) is 48.5 Å². The third-order valence-corrected chi connectivity index (χ3v) is 5.54. The molecule has 2 heterocycles. The molecule has 1 atom stereocenters. The van der Waals surface area contributed by atoms with E-state index >= 15 is 0 Å². The van der Waals surface area contributed by atoms with Crippen molar-refractivity contribution in [3.05, 3.63) is 71.0 Å². The van der Waals surface area contributed by atoms with Gasteiger partial charge in [0.05, 0.1) is 24.8 Å². The second kappa shape index (κ2) is 8.29. The summed E-state index contributed by atoms with van der Waals surface area (Å²) in [5.74, 6) is -0.264. The number of carbonyl (C=O) groups is 1. The van der Waals surface area contributed by atoms with E-state index in [-0.39, 0.29) is 17.9 Å². The molecule has 0 radical (unpaired) electrons. The van der Waals surface area contributed by atoms with Gasteiger partial charge in [0.15, 0.2) is 0 Å². The maximum absolute atomic E-state index is 13.6. The van der Waals surface area contributed by atoms with Gasteiger partial charge in [0.2, 0.25) is 0 Å². The molecule has 28 heavy (non-hydrogen) atoms. The standard InChI is InChI=1S/C22H25FN2O3/c23-18-6-3-4-16(12-18)13-22(8-10-27-11-9-22)25-21(26)24-20-15-28-14-17-5-1-2-7-19(17)20/h1-7,12,20H,8-11,13-15H2,(H2,24,25,26). The fraction of sp³-hybridized carbons (Fsp3) is 0.409. The molecule has 2 amide bonds. The molecule has 2 aromatic rings. The van der Waals surface area contributed by atoms with Crippen LogP contribution in [0.1, 0.15) is 35.6 Å². The van der Waals surface area contributed by atoms with Gasteiger partial charge in [-0.05, 0) is 48.1 Å². The highest BCUT2D eigenvalue weighted by Gasteiger charge is 2.35. The molecule has 0 bridgehead atoms. The predicted molar refractivity (Wildman–Crippen MR) is 103 cm³/mol. The van der Waals surface area contributed by atoms with Gasteiger partial charge >= 0.3 is 6.03 Å². The van der Waals surface area contributed by atoms with Crippen LogP contribution in [0.5, 0.6) is 0 Å². The van der Waals surface area contributed by atoms with E-state index in [0.29, 0.717) is 45.7 Å². The number of halogens is 1. The van der Waals surface area contributed by atoms with Crippen LogP contribution >= 0.6 is 0 Å². The lowest BCUT2D eigenvalue weighted by Gasteiger charge is -2.39. The van der Waals surface area contributed by atoms with Crippen molar-refractivity contribution < 1.29 is 18.7 Å². The Balaban J connectivity index is 1.47. The van der Waals surface area contributed by atoms with Gasteiger partial charge in [0.1, 0.15) is 5.82 Å². The minimum atomic E-state index is -0.453. The maximum Gasteiger partial charge on any atom is 0.315 e. The number of fused-ring (bicyclic) bond motifs is 1. The molecular formula is C22H25FN2O3. The molecule has 2 aliphatic heterocycles. The maximum atomic E-state index is 13.6. The van der Waals surface area contributed by atoms with Crippen LogP contribution in [0.4, 0.5) is 9.18 Å². The number of nitrogens with one attached hydrogen (secondary N) is 2. The zero-order chi connectivity index (χ0) is 19.4. The molecule has 2 aromatic carbocycles. The van der Waals surface area contributed by atoms with E-state index in [4.69, 9.17) is 9.47 Å². The van der Waals surface area contributed by atoms with E-state index in [0.717, 1.165) is 16.7 Å². The minimum absolute atomic E-state index is 0.184. The van der Waals surface area contributed by atoms with Crippen LogP contribution in [0, 0.1) is 5.82 Å². The number of rotatable bonds is 4. The molecule has 1 saturated heterocycles. The van der Waals surface area contributed by atoms with Crippen molar-refractivity contribution >= 4 is 6.03 Å². The van der Waals surface area contributed by atoms with Gasteiger partial charge in [-0.2, -0.15) is 0 Å². The summed E-state index contributed by atoms with van der Waals surface area (Å²) in [4.78, 5) is 12.9. The van der Waals surface area contributed by atoms with Crippen LogP contribution in [0.3, 0.4) is 0 Å². The minimum Gasteiger partial charge on any atom is -0.381 e. The van der Waals surface area contributed by atoms with E-state index in [1.165, 1.54) is 12.1 Å². The van der Waals surface area contributed by atoms with E-state index in [2.05, 4.69) is 10.6 Å². The Morgan fingerprint density at radius 2 is 1.93 bits per heavy atom. The Morgan fingerprint density at radius 3 is 2.75 bits per heavy atom. The van der Waals surface area contributed by atoms with Crippen molar-refractivity contribution in [3.63, 3.8) is 0 Å². The molecule has 1 unspecified atom stereocenters. The average Bonchev–Trinajstić information content (AvgIpc) is 2.69. The monoisotopic (exact) mass is 384 g/mol. The van der Waals surface area contributed by atoms with Gasteiger partial charge in [-0.25, -0.2) is 9.18 Å². The lowest BCUT2D eigenvalue weighted by molar-refractivity contribution is 0.0412. The molecule has 0 aromatic heterocycles. The first-order valence-corrected chi connectivity index (χ1v) is 9.70. The summed E-state index contributed by atoms with van der Waals surface area (Å²) in [5, 5.41) is 6.22. The number of hydrogen-bond donors (Lipinski definition) is 2. The summed E-state index contributed by atoms with van der Waals surface area (Å²) >= 11 is 0. The molecule has 148 valence electrons. The molecule has 2 N–H and O–H groups in total. The van der Waals surface area contributed by atoms with Crippen molar-refractivity contribution in [1.29, 1.82) is 0 Å². The van der Waals surface area contributed by atoms with Crippen molar-refractivity contribution in [1.82, 2.24) is 10.6 Å². The summed E-state index contributed by atoms with van der Waals surface area (Å²) in [6, 6.07) is 14.1. The van der Waals surface area contributed by atoms with Gasteiger partial charge in [-0.1, -0.05) is 36.4 Å². The Labute approximate surface area is 164 Å². The third kappa shape index (κ3) is 4.34. The SMILES string of the molecule is O=C(NC1COCc2ccccc21)NC1(Cc2cccc(F)c2)CCOCC1. The van der Waals surface area contributed by atoms with E-state index < -0.39 is 5.54 Å². The highest BCUT2D eigenvalue weighted by atomic mass is 19.1. The first-order chi connectivity index (χ1) is 13.6. The zero-order valence-electron chi connectivity index (χ0n) is 15.7. The number of benzene rings is 2. The molecule has 5 nitrogen and oxygen atoms in total. The zero-order valence-corrected chi connectivity index (χ0v) is 15.7. The summed E-state index contributed by atoms with van der Waals surface area (Å²) in [7, 11) is 0. The average molecular weight is 384 g/mol. The van der Waals surface area contributed by atoms with Crippen molar-refractivity contribution in [2.45, 2.75) is 37.5 Å². The first-order valence-electron chi connectivity index (χ1n) is 9.70. The van der Waals surface area contributed by atoms with Crippen molar-refractivity contribution in [3.8, 4) is 0 Å². The summed E-state index contributed by atoms with van der Waals surface area (Å²) in [6.07, 6.45) is 1.95. The molecule has 0 spiro atoms. The normalized spacial score (nSPS) is 20.8. The van der Waals surface area contributed by atoms with Gasteiger partial charge in [0.25, 0.3) is 0 Å². The Kier molecular flexibility index (Phi) is 5.59. The lowest BCUT2D eigenvalue weighted by atomic mass is 9.83. The van der Waals surface area contributed by atoms with Crippen LogP contribution in [0.25, 0.3) is 0 Å². The molecule has 1 fully saturated rings. The number of carbonyl (C=O) groups excluding carboxylic acids is 1. The highest BCUT2D eigenvalue weighted by Crippen LogP contribution is 2.27. The molecular weight excluding hydrogens is 359 g/mol. The largest absolute Gasteiger partial charge is 0.381 e. The Morgan fingerprint density at radius 1 is 1.11 bits per heavy atom. The fourth-order valence-corrected chi connectivity index (χ4v) is 4.08. The van der Waals surface area contributed by atoms with Crippen molar-refractivity contribution in [2.24, 2.45) is 0 Å². The van der Waals surface area contributed by atoms with Crippen LogP contribution < -0.4 is 10.6 Å². The second-order valence-corrected chi connectivity index (χ2v) is 7.56. The summed E-state index contributed by atoms with van der Waals surface area (Å²) in [6.45, 7) is 2.16. The van der Waals surface area contributed by atoms with E-state index in [1.807, 2.05) is 30.3 Å². The topological polar surface area (TPSA) is 59.6 Å².